The molecule has 2 saturated heterocycles. The van der Waals surface area contributed by atoms with Crippen molar-refractivity contribution < 1.29 is 17.9 Å². The molecule has 0 bridgehead atoms. The number of hydrogen-bond donors (Lipinski definition) is 0. The van der Waals surface area contributed by atoms with Crippen molar-refractivity contribution in [2.24, 2.45) is 7.05 Å². The molecule has 0 radical (unpaired) electrons. The zero-order valence-electron chi connectivity index (χ0n) is 16.1. The van der Waals surface area contributed by atoms with Crippen molar-refractivity contribution in [2.75, 3.05) is 58.7 Å². The van der Waals surface area contributed by atoms with E-state index in [4.69, 9.17) is 4.74 Å². The van der Waals surface area contributed by atoms with E-state index in [2.05, 4.69) is 10.00 Å². The van der Waals surface area contributed by atoms with Crippen LogP contribution in [0.2, 0.25) is 0 Å². The van der Waals surface area contributed by atoms with Gasteiger partial charge in [0.15, 0.2) is 0 Å². The highest BCUT2D eigenvalue weighted by molar-refractivity contribution is 7.88. The maximum atomic E-state index is 12.6. The average Bonchev–Trinajstić information content (AvgIpc) is 3.27. The van der Waals surface area contributed by atoms with Crippen LogP contribution in [0.4, 0.5) is 0 Å². The van der Waals surface area contributed by atoms with Gasteiger partial charge in [-0.3, -0.25) is 14.4 Å². The molecule has 1 unspecified atom stereocenters. The molecule has 1 aromatic rings. The van der Waals surface area contributed by atoms with Gasteiger partial charge in [-0.15, -0.1) is 0 Å². The van der Waals surface area contributed by atoms with Crippen LogP contribution >= 0.6 is 0 Å². The van der Waals surface area contributed by atoms with Gasteiger partial charge in [0.05, 0.1) is 31.2 Å². The molecule has 0 spiro atoms. The topological polar surface area (TPSA) is 88.0 Å². The summed E-state index contributed by atoms with van der Waals surface area (Å²) < 4.78 is 33.2. The fourth-order valence-electron chi connectivity index (χ4n) is 3.77. The van der Waals surface area contributed by atoms with Gasteiger partial charge in [0, 0.05) is 52.0 Å². The Bertz CT molecular complexity index is 744. The van der Waals surface area contributed by atoms with E-state index in [1.54, 1.807) is 33.3 Å². The standard InChI is InChI=1S/C17H29N5O4S/c1-19-13-15(12-18-19)17(23)21-7-4-16(14-21)22(27(2,24)25)6-3-5-20-8-10-26-11-9-20/h12-13,16H,3-11,14H2,1-2H3. The Morgan fingerprint density at radius 3 is 2.70 bits per heavy atom. The number of carbonyl (C=O) groups is 1. The number of likely N-dealkylation sites (tertiary alicyclic amines) is 1. The first-order chi connectivity index (χ1) is 12.8. The Kier molecular flexibility index (Phi) is 6.51. The van der Waals surface area contributed by atoms with E-state index in [-0.39, 0.29) is 11.9 Å². The number of amides is 1. The van der Waals surface area contributed by atoms with Crippen molar-refractivity contribution in [3.63, 3.8) is 0 Å². The van der Waals surface area contributed by atoms with Crippen molar-refractivity contribution in [1.29, 1.82) is 0 Å². The van der Waals surface area contributed by atoms with Crippen LogP contribution in [0.1, 0.15) is 23.2 Å². The van der Waals surface area contributed by atoms with Gasteiger partial charge in [0.2, 0.25) is 10.0 Å². The number of aryl methyl sites for hydroxylation is 1. The molecule has 1 aromatic heterocycles. The van der Waals surface area contributed by atoms with Crippen molar-refractivity contribution in [3.8, 4) is 0 Å². The van der Waals surface area contributed by atoms with Crippen molar-refractivity contribution in [2.45, 2.75) is 18.9 Å². The van der Waals surface area contributed by atoms with Crippen LogP contribution in [0, 0.1) is 0 Å². The summed E-state index contributed by atoms with van der Waals surface area (Å²) in [5.74, 6) is -0.0904. The summed E-state index contributed by atoms with van der Waals surface area (Å²) in [5.41, 5.74) is 0.538. The fourth-order valence-corrected chi connectivity index (χ4v) is 4.94. The summed E-state index contributed by atoms with van der Waals surface area (Å²) in [6.45, 7) is 5.61. The summed E-state index contributed by atoms with van der Waals surface area (Å²) in [5, 5.41) is 4.04. The molecule has 2 fully saturated rings. The third-order valence-electron chi connectivity index (χ3n) is 5.19. The van der Waals surface area contributed by atoms with Gasteiger partial charge in [-0.25, -0.2) is 8.42 Å². The van der Waals surface area contributed by atoms with E-state index in [0.717, 1.165) is 39.3 Å². The molecule has 1 atom stereocenters. The lowest BCUT2D eigenvalue weighted by Gasteiger charge is -2.30. The number of ether oxygens (including phenoxy) is 1. The van der Waals surface area contributed by atoms with Gasteiger partial charge in [0.1, 0.15) is 0 Å². The minimum absolute atomic E-state index is 0.0904. The molecular formula is C17H29N5O4S. The fraction of sp³-hybridized carbons (Fsp3) is 0.765. The largest absolute Gasteiger partial charge is 0.379 e. The third kappa shape index (κ3) is 5.28. The van der Waals surface area contributed by atoms with Crippen LogP contribution in [0.25, 0.3) is 0 Å². The van der Waals surface area contributed by atoms with Gasteiger partial charge in [0.25, 0.3) is 5.91 Å². The summed E-state index contributed by atoms with van der Waals surface area (Å²) in [7, 11) is -1.56. The maximum absolute atomic E-state index is 12.6. The number of nitrogens with zero attached hydrogens (tertiary/aromatic N) is 5. The average molecular weight is 400 g/mol. The molecule has 152 valence electrons. The number of carbonyl (C=O) groups excluding carboxylic acids is 1. The van der Waals surface area contributed by atoms with Crippen LogP contribution in [0.15, 0.2) is 12.4 Å². The van der Waals surface area contributed by atoms with Gasteiger partial charge >= 0.3 is 0 Å². The monoisotopic (exact) mass is 399 g/mol. The Hall–Kier alpha value is -1.49. The molecule has 0 aromatic carbocycles. The lowest BCUT2D eigenvalue weighted by atomic mass is 10.2. The first-order valence-corrected chi connectivity index (χ1v) is 11.2. The van der Waals surface area contributed by atoms with Crippen molar-refractivity contribution in [3.05, 3.63) is 18.0 Å². The highest BCUT2D eigenvalue weighted by Gasteiger charge is 2.35. The normalized spacial score (nSPS) is 21.9. The Balaban J connectivity index is 1.56. The first-order valence-electron chi connectivity index (χ1n) is 9.39. The van der Waals surface area contributed by atoms with Gasteiger partial charge < -0.3 is 9.64 Å². The van der Waals surface area contributed by atoms with Crippen LogP contribution < -0.4 is 0 Å². The Labute approximate surface area is 160 Å². The number of hydrogen-bond acceptors (Lipinski definition) is 6. The summed E-state index contributed by atoms with van der Waals surface area (Å²) >= 11 is 0. The molecule has 10 heteroatoms. The van der Waals surface area contributed by atoms with E-state index in [9.17, 15) is 13.2 Å². The minimum atomic E-state index is -3.33. The van der Waals surface area contributed by atoms with E-state index in [1.165, 1.54) is 6.26 Å². The maximum Gasteiger partial charge on any atom is 0.257 e. The molecule has 1 amide bonds. The predicted molar refractivity (Wildman–Crippen MR) is 101 cm³/mol. The van der Waals surface area contributed by atoms with Gasteiger partial charge in [-0.2, -0.15) is 9.40 Å². The number of rotatable bonds is 7. The smallest absolute Gasteiger partial charge is 0.257 e. The number of sulfonamides is 1. The first kappa shape index (κ1) is 20.2. The Morgan fingerprint density at radius 1 is 1.33 bits per heavy atom. The molecule has 9 nitrogen and oxygen atoms in total. The highest BCUT2D eigenvalue weighted by atomic mass is 32.2. The highest BCUT2D eigenvalue weighted by Crippen LogP contribution is 2.20. The van der Waals surface area contributed by atoms with E-state index in [0.29, 0.717) is 31.6 Å². The van der Waals surface area contributed by atoms with Crippen molar-refractivity contribution in [1.82, 2.24) is 23.9 Å². The summed E-state index contributed by atoms with van der Waals surface area (Å²) in [4.78, 5) is 16.6. The van der Waals surface area contributed by atoms with E-state index >= 15 is 0 Å². The summed E-state index contributed by atoms with van der Waals surface area (Å²) in [6, 6.07) is -0.162. The molecule has 0 saturated carbocycles. The third-order valence-corrected chi connectivity index (χ3v) is 6.52. The van der Waals surface area contributed by atoms with Crippen LogP contribution in [0.5, 0.6) is 0 Å². The lowest BCUT2D eigenvalue weighted by Crippen LogP contribution is -2.44. The number of aromatic nitrogens is 2. The lowest BCUT2D eigenvalue weighted by molar-refractivity contribution is 0.0366. The van der Waals surface area contributed by atoms with Crippen LogP contribution in [-0.4, -0.2) is 103 Å². The molecule has 2 aliphatic heterocycles. The predicted octanol–water partition coefficient (Wildman–Crippen LogP) is -0.381. The summed E-state index contributed by atoms with van der Waals surface area (Å²) in [6.07, 6.45) is 5.93. The molecule has 27 heavy (non-hydrogen) atoms. The molecule has 3 heterocycles. The molecule has 0 N–H and O–H groups in total. The quantitative estimate of drug-likeness (QED) is 0.621. The van der Waals surface area contributed by atoms with E-state index in [1.807, 2.05) is 0 Å². The second kappa shape index (κ2) is 8.68. The number of morpholine rings is 1. The van der Waals surface area contributed by atoms with Crippen molar-refractivity contribution >= 4 is 15.9 Å². The molecule has 3 rings (SSSR count). The molecule has 0 aliphatic carbocycles. The second-order valence-electron chi connectivity index (χ2n) is 7.28. The molecule has 2 aliphatic rings. The zero-order chi connectivity index (χ0) is 19.4. The molecular weight excluding hydrogens is 370 g/mol. The Morgan fingerprint density at radius 2 is 2.07 bits per heavy atom. The van der Waals surface area contributed by atoms with Gasteiger partial charge in [-0.1, -0.05) is 0 Å². The van der Waals surface area contributed by atoms with Gasteiger partial charge in [-0.05, 0) is 19.4 Å². The SMILES string of the molecule is Cn1cc(C(=O)N2CCC(N(CCCN3CCOCC3)S(C)(=O)=O)C2)cn1. The second-order valence-corrected chi connectivity index (χ2v) is 9.21. The zero-order valence-corrected chi connectivity index (χ0v) is 16.9. The minimum Gasteiger partial charge on any atom is -0.379 e. The van der Waals surface area contributed by atoms with E-state index < -0.39 is 10.0 Å². The van der Waals surface area contributed by atoms with Crippen LogP contribution in [0.3, 0.4) is 0 Å². The van der Waals surface area contributed by atoms with Crippen LogP contribution in [-0.2, 0) is 21.8 Å².